The molecule has 0 spiro atoms. The molecular weight excluding hydrogens is 203 g/mol. The van der Waals surface area contributed by atoms with Crippen molar-refractivity contribution in [3.05, 3.63) is 34.8 Å². The summed E-state index contributed by atoms with van der Waals surface area (Å²) in [4.78, 5) is 11.6. The Morgan fingerprint density at radius 3 is 2.71 bits per heavy atom. The topological polar surface area (TPSA) is 50.7 Å². The highest BCUT2D eigenvalue weighted by Crippen LogP contribution is 2.04. The monoisotopic (exact) mass is 210 g/mol. The van der Waals surface area contributed by atoms with Gasteiger partial charge in [-0.2, -0.15) is 0 Å². The molecule has 2 aromatic heterocycles. The van der Waals surface area contributed by atoms with Crippen molar-refractivity contribution < 1.29 is 4.39 Å². The zero-order valence-electron chi connectivity index (χ0n) is 7.14. The second-order valence-corrected chi connectivity index (χ2v) is 3.28. The third-order valence-electron chi connectivity index (χ3n) is 1.53. The van der Waals surface area contributed by atoms with Gasteiger partial charge in [-0.05, 0) is 0 Å². The second kappa shape index (κ2) is 4.10. The zero-order valence-corrected chi connectivity index (χ0v) is 7.96. The number of hydrogen-bond acceptors (Lipinski definition) is 5. The van der Waals surface area contributed by atoms with Crippen molar-refractivity contribution in [3.63, 3.8) is 0 Å². The average molecular weight is 210 g/mol. The molecule has 2 rings (SSSR count). The highest BCUT2D eigenvalue weighted by atomic mass is 32.1. The summed E-state index contributed by atoms with van der Waals surface area (Å²) in [5.74, 6) is -0.0383. The summed E-state index contributed by atoms with van der Waals surface area (Å²) in [6.07, 6.45) is 2.24. The van der Waals surface area contributed by atoms with Gasteiger partial charge in [-0.15, -0.1) is 11.3 Å². The first-order valence-corrected chi connectivity index (χ1v) is 4.87. The Kier molecular flexibility index (Phi) is 2.64. The predicted octanol–water partition coefficient (Wildman–Crippen LogP) is 1.68. The van der Waals surface area contributed by atoms with Crippen LogP contribution in [0.2, 0.25) is 0 Å². The van der Waals surface area contributed by atoms with Crippen LogP contribution >= 0.6 is 11.3 Å². The summed E-state index contributed by atoms with van der Waals surface area (Å²) < 4.78 is 12.4. The molecule has 0 atom stereocenters. The molecule has 72 valence electrons. The third-order valence-corrected chi connectivity index (χ3v) is 2.17. The number of anilines is 1. The van der Waals surface area contributed by atoms with Crippen molar-refractivity contribution in [2.75, 3.05) is 5.32 Å². The second-order valence-electron chi connectivity index (χ2n) is 2.56. The standard InChI is InChI=1S/C8H7FN4S/c9-6-1-10-8(11-2-6)12-3-7-4-14-5-13-7/h1-2,4-5H,3H2,(H,10,11,12). The van der Waals surface area contributed by atoms with Gasteiger partial charge in [0, 0.05) is 5.38 Å². The van der Waals surface area contributed by atoms with Crippen LogP contribution in [0.25, 0.3) is 0 Å². The summed E-state index contributed by atoms with van der Waals surface area (Å²) in [6, 6.07) is 0. The largest absolute Gasteiger partial charge is 0.349 e. The predicted molar refractivity (Wildman–Crippen MR) is 51.4 cm³/mol. The molecule has 0 saturated carbocycles. The molecule has 0 aliphatic rings. The number of aromatic nitrogens is 3. The van der Waals surface area contributed by atoms with Crippen LogP contribution in [0.4, 0.5) is 10.3 Å². The number of hydrogen-bond donors (Lipinski definition) is 1. The summed E-state index contributed by atoms with van der Waals surface area (Å²) >= 11 is 1.53. The average Bonchev–Trinajstić information content (AvgIpc) is 2.70. The van der Waals surface area contributed by atoms with Crippen LogP contribution in [-0.4, -0.2) is 15.0 Å². The smallest absolute Gasteiger partial charge is 0.223 e. The van der Waals surface area contributed by atoms with Gasteiger partial charge >= 0.3 is 0 Å². The van der Waals surface area contributed by atoms with Crippen molar-refractivity contribution >= 4 is 17.3 Å². The van der Waals surface area contributed by atoms with Gasteiger partial charge in [-0.1, -0.05) is 0 Å². The van der Waals surface area contributed by atoms with Gasteiger partial charge in [0.2, 0.25) is 5.95 Å². The molecule has 0 unspecified atom stereocenters. The van der Waals surface area contributed by atoms with E-state index in [1.165, 1.54) is 11.3 Å². The fourth-order valence-electron chi connectivity index (χ4n) is 0.898. The van der Waals surface area contributed by atoms with E-state index in [2.05, 4.69) is 20.3 Å². The lowest BCUT2D eigenvalue weighted by molar-refractivity contribution is 0.614. The Balaban J connectivity index is 1.95. The SMILES string of the molecule is Fc1cnc(NCc2cscn2)nc1. The minimum atomic E-state index is -0.441. The zero-order chi connectivity index (χ0) is 9.80. The van der Waals surface area contributed by atoms with E-state index in [-0.39, 0.29) is 0 Å². The van der Waals surface area contributed by atoms with E-state index in [1.54, 1.807) is 5.51 Å². The third kappa shape index (κ3) is 2.23. The Hall–Kier alpha value is -1.56. The van der Waals surface area contributed by atoms with E-state index in [4.69, 9.17) is 0 Å². The van der Waals surface area contributed by atoms with Gasteiger partial charge in [0.15, 0.2) is 5.82 Å². The molecule has 2 heterocycles. The molecule has 0 aromatic carbocycles. The molecule has 4 nitrogen and oxygen atoms in total. The number of thiazole rings is 1. The van der Waals surface area contributed by atoms with Crippen molar-refractivity contribution in [1.29, 1.82) is 0 Å². The van der Waals surface area contributed by atoms with Crippen molar-refractivity contribution in [1.82, 2.24) is 15.0 Å². The van der Waals surface area contributed by atoms with E-state index in [0.29, 0.717) is 12.5 Å². The Bertz CT molecular complexity index is 386. The molecule has 0 aliphatic heterocycles. The summed E-state index contributed by atoms with van der Waals surface area (Å²) in [5.41, 5.74) is 2.67. The highest BCUT2D eigenvalue weighted by Gasteiger charge is 1.97. The lowest BCUT2D eigenvalue weighted by Crippen LogP contribution is -2.03. The van der Waals surface area contributed by atoms with E-state index < -0.39 is 5.82 Å². The molecule has 0 aliphatic carbocycles. The Morgan fingerprint density at radius 2 is 2.07 bits per heavy atom. The van der Waals surface area contributed by atoms with Gasteiger partial charge in [0.1, 0.15) is 0 Å². The molecule has 0 radical (unpaired) electrons. The fourth-order valence-corrected chi connectivity index (χ4v) is 1.46. The van der Waals surface area contributed by atoms with Crippen LogP contribution in [0.1, 0.15) is 5.69 Å². The first-order valence-electron chi connectivity index (χ1n) is 3.93. The lowest BCUT2D eigenvalue weighted by atomic mass is 10.5. The maximum Gasteiger partial charge on any atom is 0.223 e. The van der Waals surface area contributed by atoms with Crippen molar-refractivity contribution in [3.8, 4) is 0 Å². The quantitative estimate of drug-likeness (QED) is 0.837. The van der Waals surface area contributed by atoms with Crippen molar-refractivity contribution in [2.24, 2.45) is 0 Å². The fraction of sp³-hybridized carbons (Fsp3) is 0.125. The summed E-state index contributed by atoms with van der Waals surface area (Å²) in [7, 11) is 0. The molecule has 0 bridgehead atoms. The Morgan fingerprint density at radius 1 is 1.29 bits per heavy atom. The lowest BCUT2D eigenvalue weighted by Gasteiger charge is -2.00. The molecule has 0 saturated heterocycles. The normalized spacial score (nSPS) is 10.1. The minimum absolute atomic E-state index is 0.402. The summed E-state index contributed by atoms with van der Waals surface area (Å²) in [6.45, 7) is 0.551. The molecule has 1 N–H and O–H groups in total. The molecule has 0 fully saturated rings. The number of nitrogens with zero attached hydrogens (tertiary/aromatic N) is 3. The van der Waals surface area contributed by atoms with Gasteiger partial charge in [0.25, 0.3) is 0 Å². The first-order chi connectivity index (χ1) is 6.84. The van der Waals surface area contributed by atoms with Crippen molar-refractivity contribution in [2.45, 2.75) is 6.54 Å². The number of rotatable bonds is 3. The van der Waals surface area contributed by atoms with Crippen LogP contribution in [0, 0.1) is 5.82 Å². The van der Waals surface area contributed by atoms with E-state index >= 15 is 0 Å². The molecule has 2 aromatic rings. The minimum Gasteiger partial charge on any atom is -0.349 e. The highest BCUT2D eigenvalue weighted by molar-refractivity contribution is 7.07. The van der Waals surface area contributed by atoms with Gasteiger partial charge < -0.3 is 5.32 Å². The van der Waals surface area contributed by atoms with E-state index in [0.717, 1.165) is 18.1 Å². The van der Waals surface area contributed by atoms with Crippen LogP contribution in [0.15, 0.2) is 23.3 Å². The maximum absolute atomic E-state index is 12.4. The van der Waals surface area contributed by atoms with Crippen LogP contribution < -0.4 is 5.32 Å². The van der Waals surface area contributed by atoms with E-state index in [9.17, 15) is 4.39 Å². The molecular formula is C8H7FN4S. The first kappa shape index (κ1) is 9.01. The van der Waals surface area contributed by atoms with Crippen LogP contribution in [-0.2, 0) is 6.54 Å². The van der Waals surface area contributed by atoms with Crippen LogP contribution in [0.3, 0.4) is 0 Å². The van der Waals surface area contributed by atoms with Gasteiger partial charge in [0.05, 0.1) is 30.1 Å². The summed E-state index contributed by atoms with van der Waals surface area (Å²) in [5, 5.41) is 4.86. The number of nitrogens with one attached hydrogen (secondary N) is 1. The Labute approximate surface area is 83.9 Å². The molecule has 14 heavy (non-hydrogen) atoms. The van der Waals surface area contributed by atoms with Gasteiger partial charge in [-0.3, -0.25) is 0 Å². The van der Waals surface area contributed by atoms with Gasteiger partial charge in [-0.25, -0.2) is 19.3 Å². The molecule has 0 amide bonds. The van der Waals surface area contributed by atoms with E-state index in [1.807, 2.05) is 5.38 Å². The maximum atomic E-state index is 12.4. The molecule has 6 heteroatoms. The number of halogens is 1. The van der Waals surface area contributed by atoms with Crippen LogP contribution in [0.5, 0.6) is 0 Å².